The summed E-state index contributed by atoms with van der Waals surface area (Å²) in [7, 11) is 0. The van der Waals surface area contributed by atoms with Gasteiger partial charge in [0.15, 0.2) is 0 Å². The number of benzene rings is 1. The molecule has 2 N–H and O–H groups in total. The van der Waals surface area contributed by atoms with Gasteiger partial charge in [-0.2, -0.15) is 0 Å². The van der Waals surface area contributed by atoms with Gasteiger partial charge in [0, 0.05) is 19.2 Å². The Balaban J connectivity index is 2.13. The number of nitrogens with two attached hydrogens (primary N) is 1. The van der Waals surface area contributed by atoms with Gasteiger partial charge in [0.05, 0.1) is 22.1 Å². The van der Waals surface area contributed by atoms with Crippen molar-refractivity contribution in [2.75, 3.05) is 6.54 Å². The maximum Gasteiger partial charge on any atom is 0.261 e. The molecular formula is C12H11F2N3. The van der Waals surface area contributed by atoms with E-state index in [1.165, 1.54) is 6.20 Å². The summed E-state index contributed by atoms with van der Waals surface area (Å²) >= 11 is 0. The molecule has 3 rings (SSSR count). The molecule has 5 heteroatoms. The lowest BCUT2D eigenvalue weighted by Crippen LogP contribution is -2.28. The zero-order valence-electron chi connectivity index (χ0n) is 9.03. The van der Waals surface area contributed by atoms with Gasteiger partial charge in [-0.25, -0.2) is 13.8 Å². The van der Waals surface area contributed by atoms with E-state index in [0.29, 0.717) is 16.7 Å². The number of halogens is 2. The Morgan fingerprint density at radius 2 is 1.88 bits per heavy atom. The van der Waals surface area contributed by atoms with Crippen molar-refractivity contribution >= 4 is 11.0 Å². The molecule has 2 aromatic rings. The lowest BCUT2D eigenvalue weighted by Gasteiger charge is -2.13. The second-order valence-electron chi connectivity index (χ2n) is 4.41. The number of hydrogen-bond donors (Lipinski definition) is 1. The van der Waals surface area contributed by atoms with Crippen LogP contribution >= 0.6 is 0 Å². The molecule has 88 valence electrons. The third kappa shape index (κ3) is 1.35. The zero-order chi connectivity index (χ0) is 12.1. The molecule has 1 unspecified atom stereocenters. The van der Waals surface area contributed by atoms with Gasteiger partial charge in [0.1, 0.15) is 0 Å². The van der Waals surface area contributed by atoms with Crippen molar-refractivity contribution in [1.29, 1.82) is 0 Å². The van der Waals surface area contributed by atoms with Crippen molar-refractivity contribution < 1.29 is 8.78 Å². The number of alkyl halides is 2. The molecule has 0 aliphatic heterocycles. The van der Waals surface area contributed by atoms with E-state index in [0.717, 1.165) is 0 Å². The summed E-state index contributed by atoms with van der Waals surface area (Å²) in [5.74, 6) is -2.75. The summed E-state index contributed by atoms with van der Waals surface area (Å²) in [5.41, 5.74) is 5.79. The summed E-state index contributed by atoms with van der Waals surface area (Å²) in [5, 5.41) is 0. The average Bonchev–Trinajstić information content (AvgIpc) is 2.92. The van der Waals surface area contributed by atoms with Crippen LogP contribution in [0.3, 0.4) is 0 Å². The molecule has 0 radical (unpaired) electrons. The Bertz CT molecular complexity index is 585. The van der Waals surface area contributed by atoms with Crippen LogP contribution in [0.4, 0.5) is 8.78 Å². The fourth-order valence-corrected chi connectivity index (χ4v) is 2.13. The Hall–Kier alpha value is -1.62. The molecule has 1 aliphatic carbocycles. The van der Waals surface area contributed by atoms with E-state index in [4.69, 9.17) is 5.73 Å². The van der Waals surface area contributed by atoms with Crippen molar-refractivity contribution in [1.82, 2.24) is 9.97 Å². The Labute approximate surface area is 96.7 Å². The van der Waals surface area contributed by atoms with Gasteiger partial charge in [-0.3, -0.25) is 4.98 Å². The highest BCUT2D eigenvalue weighted by Crippen LogP contribution is 2.60. The molecule has 1 aromatic heterocycles. The minimum Gasteiger partial charge on any atom is -0.329 e. The first-order chi connectivity index (χ1) is 8.09. The topological polar surface area (TPSA) is 51.8 Å². The van der Waals surface area contributed by atoms with Crippen molar-refractivity contribution in [3.05, 3.63) is 36.2 Å². The molecule has 3 nitrogen and oxygen atoms in total. The monoisotopic (exact) mass is 235 g/mol. The predicted molar refractivity (Wildman–Crippen MR) is 59.8 cm³/mol. The van der Waals surface area contributed by atoms with E-state index >= 15 is 0 Å². The number of fused-ring (bicyclic) bond motifs is 1. The van der Waals surface area contributed by atoms with Crippen LogP contribution in [0, 0.1) is 0 Å². The number of para-hydroxylation sites is 2. The normalized spacial score (nSPS) is 26.1. The lowest BCUT2D eigenvalue weighted by atomic mass is 10.0. The van der Waals surface area contributed by atoms with Gasteiger partial charge >= 0.3 is 0 Å². The SMILES string of the molecule is NCC1(c2cnc3ccccc3n2)CC1(F)F. The predicted octanol–water partition coefficient (Wildman–Crippen LogP) is 1.87. The minimum absolute atomic E-state index is 0.104. The molecule has 0 amide bonds. The Morgan fingerprint density at radius 1 is 1.24 bits per heavy atom. The van der Waals surface area contributed by atoms with Crippen molar-refractivity contribution in [2.24, 2.45) is 5.73 Å². The van der Waals surface area contributed by atoms with Crippen molar-refractivity contribution in [2.45, 2.75) is 17.8 Å². The van der Waals surface area contributed by atoms with Gasteiger partial charge in [0.25, 0.3) is 5.92 Å². The fourth-order valence-electron chi connectivity index (χ4n) is 2.13. The highest BCUT2D eigenvalue weighted by atomic mass is 19.3. The Kier molecular flexibility index (Phi) is 1.98. The van der Waals surface area contributed by atoms with E-state index in [9.17, 15) is 8.78 Å². The molecule has 1 heterocycles. The second-order valence-corrected chi connectivity index (χ2v) is 4.41. The summed E-state index contributed by atoms with van der Waals surface area (Å²) in [6, 6.07) is 7.20. The molecule has 1 aliphatic rings. The summed E-state index contributed by atoms with van der Waals surface area (Å²) < 4.78 is 26.8. The van der Waals surface area contributed by atoms with Crippen molar-refractivity contribution in [3.63, 3.8) is 0 Å². The smallest absolute Gasteiger partial charge is 0.261 e. The molecule has 1 atom stereocenters. The summed E-state index contributed by atoms with van der Waals surface area (Å²) in [6.07, 6.45) is 1.18. The van der Waals surface area contributed by atoms with Gasteiger partial charge in [-0.05, 0) is 12.1 Å². The number of nitrogens with zero attached hydrogens (tertiary/aromatic N) is 2. The first kappa shape index (κ1) is 10.5. The molecule has 1 aromatic carbocycles. The number of rotatable bonds is 2. The van der Waals surface area contributed by atoms with Gasteiger partial charge < -0.3 is 5.73 Å². The standard InChI is InChI=1S/C12H11F2N3/c13-12(14)6-11(12,7-15)10-5-16-8-3-1-2-4-9(8)17-10/h1-5H,6-7,15H2. The van der Waals surface area contributed by atoms with E-state index in [1.54, 1.807) is 18.2 Å². The second kappa shape index (κ2) is 3.20. The number of hydrogen-bond acceptors (Lipinski definition) is 3. The van der Waals surface area contributed by atoms with Gasteiger partial charge in [0.2, 0.25) is 0 Å². The largest absolute Gasteiger partial charge is 0.329 e. The van der Waals surface area contributed by atoms with Gasteiger partial charge in [-0.15, -0.1) is 0 Å². The maximum atomic E-state index is 13.4. The van der Waals surface area contributed by atoms with Gasteiger partial charge in [-0.1, -0.05) is 12.1 Å². The van der Waals surface area contributed by atoms with E-state index in [2.05, 4.69) is 9.97 Å². The molecular weight excluding hydrogens is 224 g/mol. The highest BCUT2D eigenvalue weighted by molar-refractivity contribution is 5.74. The summed E-state index contributed by atoms with van der Waals surface area (Å²) in [4.78, 5) is 8.40. The molecule has 1 fully saturated rings. The van der Waals surface area contributed by atoms with Crippen LogP contribution in [0.15, 0.2) is 30.5 Å². The molecule has 0 saturated heterocycles. The maximum absolute atomic E-state index is 13.4. The molecule has 17 heavy (non-hydrogen) atoms. The van der Waals surface area contributed by atoms with Crippen LogP contribution in [-0.4, -0.2) is 22.4 Å². The minimum atomic E-state index is -2.75. The van der Waals surface area contributed by atoms with Crippen LogP contribution < -0.4 is 5.73 Å². The van der Waals surface area contributed by atoms with Crippen LogP contribution in [0.2, 0.25) is 0 Å². The van der Waals surface area contributed by atoms with E-state index in [-0.39, 0.29) is 13.0 Å². The third-order valence-corrected chi connectivity index (χ3v) is 3.39. The van der Waals surface area contributed by atoms with Crippen LogP contribution in [0.5, 0.6) is 0 Å². The Morgan fingerprint density at radius 3 is 2.47 bits per heavy atom. The third-order valence-electron chi connectivity index (χ3n) is 3.39. The van der Waals surface area contributed by atoms with E-state index in [1.807, 2.05) is 6.07 Å². The molecule has 1 saturated carbocycles. The number of aromatic nitrogens is 2. The molecule has 0 bridgehead atoms. The van der Waals surface area contributed by atoms with Crippen molar-refractivity contribution in [3.8, 4) is 0 Å². The average molecular weight is 235 g/mol. The first-order valence-electron chi connectivity index (χ1n) is 5.39. The molecule has 0 spiro atoms. The van der Waals surface area contributed by atoms with Crippen LogP contribution in [0.1, 0.15) is 12.1 Å². The van der Waals surface area contributed by atoms with E-state index < -0.39 is 11.3 Å². The summed E-state index contributed by atoms with van der Waals surface area (Å²) in [6.45, 7) is -0.104. The zero-order valence-corrected chi connectivity index (χ0v) is 9.03. The van der Waals surface area contributed by atoms with Crippen LogP contribution in [0.25, 0.3) is 11.0 Å². The highest BCUT2D eigenvalue weighted by Gasteiger charge is 2.72. The quantitative estimate of drug-likeness (QED) is 0.864. The first-order valence-corrected chi connectivity index (χ1v) is 5.39. The fraction of sp³-hybridized carbons (Fsp3) is 0.333. The lowest BCUT2D eigenvalue weighted by molar-refractivity contribution is 0.0886. The van der Waals surface area contributed by atoms with Crippen LogP contribution in [-0.2, 0) is 5.41 Å².